The van der Waals surface area contributed by atoms with Crippen LogP contribution in [0.4, 0.5) is 13.2 Å². The van der Waals surface area contributed by atoms with Crippen LogP contribution in [0.3, 0.4) is 0 Å². The van der Waals surface area contributed by atoms with Crippen LogP contribution in [0.25, 0.3) is 0 Å². The monoisotopic (exact) mass is 488 g/mol. The van der Waals surface area contributed by atoms with Crippen LogP contribution < -0.4 is 10.1 Å². The topological polar surface area (TPSA) is 105 Å². The van der Waals surface area contributed by atoms with Gasteiger partial charge in [0.05, 0.1) is 23.7 Å². The Bertz CT molecular complexity index is 1050. The number of morpholine rings is 1. The van der Waals surface area contributed by atoms with Crippen LogP contribution in [0.15, 0.2) is 53.4 Å². The van der Waals surface area contributed by atoms with E-state index in [4.69, 9.17) is 9.47 Å². The van der Waals surface area contributed by atoms with Gasteiger partial charge < -0.3 is 19.9 Å². The first kappa shape index (κ1) is 25.0. The number of hydrogen-bond donors (Lipinski definition) is 2. The number of aliphatic hydroxyl groups is 1. The van der Waals surface area contributed by atoms with E-state index in [1.807, 2.05) is 0 Å². The van der Waals surface area contributed by atoms with E-state index in [-0.39, 0.29) is 42.4 Å². The maximum absolute atomic E-state index is 12.7. The molecule has 1 unspecified atom stereocenters. The maximum atomic E-state index is 12.7. The van der Waals surface area contributed by atoms with Crippen LogP contribution >= 0.6 is 0 Å². The molecule has 2 aromatic rings. The molecule has 1 fully saturated rings. The molecule has 0 saturated carbocycles. The Hall–Kier alpha value is -2.67. The molecular formula is C21H23F3N2O6S. The first-order chi connectivity index (χ1) is 15.6. The summed E-state index contributed by atoms with van der Waals surface area (Å²) in [5, 5.41) is 12.4. The smallest absolute Gasteiger partial charge is 0.416 e. The van der Waals surface area contributed by atoms with Crippen LogP contribution in [0.5, 0.6) is 5.75 Å². The number of rotatable bonds is 8. The first-order valence-electron chi connectivity index (χ1n) is 10.0. The van der Waals surface area contributed by atoms with E-state index in [1.54, 1.807) is 0 Å². The highest BCUT2D eigenvalue weighted by Gasteiger charge is 2.30. The predicted molar refractivity (Wildman–Crippen MR) is 111 cm³/mol. The highest BCUT2D eigenvalue weighted by Crippen LogP contribution is 2.31. The number of benzene rings is 2. The van der Waals surface area contributed by atoms with Crippen molar-refractivity contribution >= 4 is 15.9 Å². The minimum atomic E-state index is -4.51. The zero-order chi connectivity index (χ0) is 24.1. The van der Waals surface area contributed by atoms with E-state index < -0.39 is 33.8 Å². The number of ether oxygens (including phenoxy) is 2. The lowest BCUT2D eigenvalue weighted by Crippen LogP contribution is -2.40. The van der Waals surface area contributed by atoms with Crippen LogP contribution in [-0.2, 0) is 20.9 Å². The number of halogens is 3. The van der Waals surface area contributed by atoms with Crippen molar-refractivity contribution in [2.45, 2.75) is 17.2 Å². The summed E-state index contributed by atoms with van der Waals surface area (Å²) in [5.41, 5.74) is -0.691. The van der Waals surface area contributed by atoms with Crippen LogP contribution in [-0.4, -0.2) is 69.3 Å². The number of carbonyl (C=O) groups excluding carboxylic acids is 1. The van der Waals surface area contributed by atoms with Crippen molar-refractivity contribution in [3.63, 3.8) is 0 Å². The molecule has 0 aromatic heterocycles. The number of hydrogen-bond acceptors (Lipinski definition) is 6. The summed E-state index contributed by atoms with van der Waals surface area (Å²) in [4.78, 5) is 12.3. The highest BCUT2D eigenvalue weighted by molar-refractivity contribution is 7.89. The van der Waals surface area contributed by atoms with E-state index in [9.17, 15) is 31.5 Å². The maximum Gasteiger partial charge on any atom is 0.416 e. The number of amides is 1. The van der Waals surface area contributed by atoms with Crippen molar-refractivity contribution in [2.75, 3.05) is 39.5 Å². The lowest BCUT2D eigenvalue weighted by atomic mass is 10.2. The van der Waals surface area contributed by atoms with Crippen LogP contribution in [0.2, 0.25) is 0 Å². The quantitative estimate of drug-likeness (QED) is 0.588. The molecule has 8 nitrogen and oxygen atoms in total. The molecule has 3 rings (SSSR count). The van der Waals surface area contributed by atoms with Gasteiger partial charge in [-0.25, -0.2) is 8.42 Å². The van der Waals surface area contributed by atoms with E-state index in [0.29, 0.717) is 13.2 Å². The third kappa shape index (κ3) is 6.67. The Kier molecular flexibility index (Phi) is 7.95. The molecule has 0 aliphatic carbocycles. The Morgan fingerprint density at radius 2 is 1.82 bits per heavy atom. The number of aliphatic hydroxyl groups excluding tert-OH is 1. The van der Waals surface area contributed by atoms with Gasteiger partial charge >= 0.3 is 6.18 Å². The Morgan fingerprint density at radius 3 is 2.45 bits per heavy atom. The second-order valence-corrected chi connectivity index (χ2v) is 9.18. The molecule has 1 heterocycles. The molecule has 180 valence electrons. The lowest BCUT2D eigenvalue weighted by Gasteiger charge is -2.26. The summed E-state index contributed by atoms with van der Waals surface area (Å²) in [5.74, 6) is -0.615. The molecule has 0 radical (unpaired) electrons. The fraction of sp³-hybridized carbons (Fsp3) is 0.381. The van der Waals surface area contributed by atoms with Gasteiger partial charge in [0.1, 0.15) is 18.5 Å². The Balaban J connectivity index is 1.50. The summed E-state index contributed by atoms with van der Waals surface area (Å²) in [6.45, 7) is 0.596. The summed E-state index contributed by atoms with van der Waals surface area (Å²) >= 11 is 0. The highest BCUT2D eigenvalue weighted by atomic mass is 32.2. The van der Waals surface area contributed by atoms with Crippen molar-refractivity contribution in [1.29, 1.82) is 0 Å². The molecule has 33 heavy (non-hydrogen) atoms. The third-order valence-corrected chi connectivity index (χ3v) is 6.74. The van der Waals surface area contributed by atoms with Gasteiger partial charge in [-0.2, -0.15) is 17.5 Å². The zero-order valence-corrected chi connectivity index (χ0v) is 18.2. The van der Waals surface area contributed by atoms with Gasteiger partial charge in [0.15, 0.2) is 0 Å². The average molecular weight is 488 g/mol. The van der Waals surface area contributed by atoms with Crippen molar-refractivity contribution in [1.82, 2.24) is 9.62 Å². The minimum absolute atomic E-state index is 0.0514. The largest absolute Gasteiger partial charge is 0.491 e. The summed E-state index contributed by atoms with van der Waals surface area (Å²) < 4.78 is 75.0. The minimum Gasteiger partial charge on any atom is -0.491 e. The molecule has 12 heteroatoms. The van der Waals surface area contributed by atoms with Gasteiger partial charge in [-0.1, -0.05) is 6.07 Å². The van der Waals surface area contributed by atoms with Gasteiger partial charge in [0.2, 0.25) is 10.0 Å². The van der Waals surface area contributed by atoms with Crippen molar-refractivity contribution in [2.24, 2.45) is 0 Å². The zero-order valence-electron chi connectivity index (χ0n) is 17.4. The van der Waals surface area contributed by atoms with E-state index in [2.05, 4.69) is 5.32 Å². The third-order valence-electron chi connectivity index (χ3n) is 4.83. The average Bonchev–Trinajstić information content (AvgIpc) is 2.81. The van der Waals surface area contributed by atoms with Gasteiger partial charge in [-0.15, -0.1) is 0 Å². The molecule has 0 bridgehead atoms. The van der Waals surface area contributed by atoms with Gasteiger partial charge in [0, 0.05) is 25.2 Å². The number of sulfonamides is 1. The number of nitrogens with one attached hydrogen (secondary N) is 1. The second kappa shape index (κ2) is 10.5. The number of nitrogens with zero attached hydrogens (tertiary/aromatic N) is 1. The molecule has 2 N–H and O–H groups in total. The van der Waals surface area contributed by atoms with Crippen molar-refractivity contribution in [3.05, 3.63) is 59.7 Å². The molecule has 0 spiro atoms. The second-order valence-electron chi connectivity index (χ2n) is 7.24. The molecule has 1 amide bonds. The van der Waals surface area contributed by atoms with Gasteiger partial charge in [0.25, 0.3) is 5.91 Å². The summed E-state index contributed by atoms with van der Waals surface area (Å²) in [7, 11) is -3.68. The Morgan fingerprint density at radius 1 is 1.15 bits per heavy atom. The molecule has 1 atom stereocenters. The fourth-order valence-corrected chi connectivity index (χ4v) is 4.45. The van der Waals surface area contributed by atoms with Crippen molar-refractivity contribution < 1.29 is 41.0 Å². The molecule has 2 aromatic carbocycles. The SMILES string of the molecule is O=C(NCC(O)COc1cccc(C(F)(F)F)c1)c1ccc(S(=O)(=O)N2CCOCC2)cc1. The number of alkyl halides is 3. The molecule has 1 aliphatic heterocycles. The summed E-state index contributed by atoms with van der Waals surface area (Å²) in [6.07, 6.45) is -5.69. The lowest BCUT2D eigenvalue weighted by molar-refractivity contribution is -0.137. The Labute approximate surface area is 189 Å². The van der Waals surface area contributed by atoms with Crippen molar-refractivity contribution in [3.8, 4) is 5.75 Å². The number of carbonyl (C=O) groups is 1. The van der Waals surface area contributed by atoms with Crippen LogP contribution in [0, 0.1) is 0 Å². The predicted octanol–water partition coefficient (Wildman–Crippen LogP) is 1.90. The van der Waals surface area contributed by atoms with Gasteiger partial charge in [-0.05, 0) is 42.5 Å². The van der Waals surface area contributed by atoms with E-state index in [0.717, 1.165) is 12.1 Å². The van der Waals surface area contributed by atoms with E-state index in [1.165, 1.54) is 40.7 Å². The summed E-state index contributed by atoms with van der Waals surface area (Å²) in [6, 6.07) is 9.60. The van der Waals surface area contributed by atoms with Crippen LogP contribution in [0.1, 0.15) is 15.9 Å². The van der Waals surface area contributed by atoms with Gasteiger partial charge in [-0.3, -0.25) is 4.79 Å². The fourth-order valence-electron chi connectivity index (χ4n) is 3.04. The molecule has 1 saturated heterocycles. The molecule has 1 aliphatic rings. The standard InChI is InChI=1S/C21H23F3N2O6S/c22-21(23,24)16-2-1-3-18(12-16)32-14-17(27)13-25-20(28)15-4-6-19(7-5-15)33(29,30)26-8-10-31-11-9-26/h1-7,12,17,27H,8-11,13-14H2,(H,25,28). The molecular weight excluding hydrogens is 465 g/mol. The van der Waals surface area contributed by atoms with E-state index >= 15 is 0 Å². The normalized spacial score (nSPS) is 16.2. The first-order valence-corrected chi connectivity index (χ1v) is 11.5.